The summed E-state index contributed by atoms with van der Waals surface area (Å²) in [6.45, 7) is 0. The third-order valence-electron chi connectivity index (χ3n) is 8.40. The minimum absolute atomic E-state index is 0.672. The van der Waals surface area contributed by atoms with Gasteiger partial charge >= 0.3 is 0 Å². The van der Waals surface area contributed by atoms with E-state index in [-0.39, 0.29) is 0 Å². The van der Waals surface area contributed by atoms with Crippen LogP contribution in [0, 0.1) is 0 Å². The van der Waals surface area contributed by atoms with Gasteiger partial charge < -0.3 is 8.98 Å². The van der Waals surface area contributed by atoms with Gasteiger partial charge in [-0.25, -0.2) is 9.97 Å². The van der Waals surface area contributed by atoms with Crippen LogP contribution < -0.4 is 0 Å². The molecule has 0 radical (unpaired) electrons. The molecule has 4 heteroatoms. The lowest BCUT2D eigenvalue weighted by molar-refractivity contribution is 0.667. The van der Waals surface area contributed by atoms with Crippen molar-refractivity contribution in [3.05, 3.63) is 152 Å². The van der Waals surface area contributed by atoms with Crippen LogP contribution >= 0.6 is 0 Å². The van der Waals surface area contributed by atoms with Crippen LogP contribution in [0.15, 0.2) is 156 Å². The van der Waals surface area contributed by atoms with E-state index in [0.717, 1.165) is 55.4 Å². The molecular formula is C40H25N3O. The molecule has 3 heterocycles. The first-order chi connectivity index (χ1) is 21.8. The van der Waals surface area contributed by atoms with E-state index in [4.69, 9.17) is 14.4 Å². The number of furan rings is 1. The first kappa shape index (κ1) is 24.6. The summed E-state index contributed by atoms with van der Waals surface area (Å²) in [6, 6.07) is 52.5. The molecule has 206 valence electrons. The van der Waals surface area contributed by atoms with Crippen LogP contribution in [0.4, 0.5) is 0 Å². The summed E-state index contributed by atoms with van der Waals surface area (Å²) in [4.78, 5) is 10.3. The molecule has 0 atom stereocenters. The molecule has 0 fully saturated rings. The van der Waals surface area contributed by atoms with Gasteiger partial charge in [-0.2, -0.15) is 0 Å². The van der Waals surface area contributed by atoms with Gasteiger partial charge in [0, 0.05) is 27.6 Å². The molecule has 0 saturated carbocycles. The van der Waals surface area contributed by atoms with Gasteiger partial charge in [-0.1, -0.05) is 121 Å². The predicted octanol–water partition coefficient (Wildman–Crippen LogP) is 10.5. The predicted molar refractivity (Wildman–Crippen MR) is 180 cm³/mol. The van der Waals surface area contributed by atoms with E-state index in [1.807, 2.05) is 36.4 Å². The molecule has 0 aliphatic rings. The molecule has 0 amide bonds. The highest BCUT2D eigenvalue weighted by Crippen LogP contribution is 2.43. The molecule has 0 aliphatic heterocycles. The first-order valence-corrected chi connectivity index (χ1v) is 14.8. The largest absolute Gasteiger partial charge is 0.452 e. The third-order valence-corrected chi connectivity index (χ3v) is 8.40. The smallest absolute Gasteiger partial charge is 0.180 e. The summed E-state index contributed by atoms with van der Waals surface area (Å²) in [5.41, 5.74) is 10.7. The number of benzene rings is 6. The summed E-state index contributed by atoms with van der Waals surface area (Å²) < 4.78 is 9.04. The van der Waals surface area contributed by atoms with Gasteiger partial charge in [0.25, 0.3) is 0 Å². The van der Waals surface area contributed by atoms with Gasteiger partial charge in [0.05, 0.1) is 16.4 Å². The zero-order chi connectivity index (χ0) is 29.0. The molecule has 4 nitrogen and oxygen atoms in total. The average Bonchev–Trinajstić information content (AvgIpc) is 3.65. The van der Waals surface area contributed by atoms with Crippen LogP contribution in [0.25, 0.3) is 83.3 Å². The number of para-hydroxylation sites is 1. The quantitative estimate of drug-likeness (QED) is 0.214. The molecule has 0 unspecified atom stereocenters. The van der Waals surface area contributed by atoms with E-state index in [2.05, 4.69) is 120 Å². The van der Waals surface area contributed by atoms with Crippen LogP contribution in [-0.4, -0.2) is 14.5 Å². The molecule has 9 aromatic rings. The number of hydrogen-bond donors (Lipinski definition) is 0. The van der Waals surface area contributed by atoms with Crippen molar-refractivity contribution in [2.75, 3.05) is 0 Å². The third kappa shape index (κ3) is 3.78. The second kappa shape index (κ2) is 9.79. The second-order valence-corrected chi connectivity index (χ2v) is 11.0. The lowest BCUT2D eigenvalue weighted by Crippen LogP contribution is -1.96. The number of aromatic nitrogens is 3. The Labute approximate surface area is 253 Å². The van der Waals surface area contributed by atoms with Crippen molar-refractivity contribution in [2.45, 2.75) is 0 Å². The van der Waals surface area contributed by atoms with Crippen LogP contribution in [0.1, 0.15) is 0 Å². The summed E-state index contributed by atoms with van der Waals surface area (Å²) in [6.07, 6.45) is 0. The Hall–Kier alpha value is -6.00. The van der Waals surface area contributed by atoms with Crippen molar-refractivity contribution in [3.8, 4) is 39.5 Å². The van der Waals surface area contributed by atoms with Gasteiger partial charge in [-0.15, -0.1) is 0 Å². The fourth-order valence-electron chi connectivity index (χ4n) is 6.41. The number of rotatable bonds is 4. The molecule has 0 spiro atoms. The standard InChI is InChI=1S/C40H25N3O/c1-4-13-26(14-5-1)29-19-12-20-30(25-29)43-33-22-11-10-21-31(33)32-23-24-34-35(38(32)43)37-39(44-34)36(27-15-6-2-7-16-27)41-40(42-37)28-17-8-3-9-18-28/h1-25H. The van der Waals surface area contributed by atoms with E-state index in [0.29, 0.717) is 11.4 Å². The molecule has 9 rings (SSSR count). The van der Waals surface area contributed by atoms with Gasteiger partial charge in [0.15, 0.2) is 11.4 Å². The minimum atomic E-state index is 0.672. The van der Waals surface area contributed by atoms with Crippen molar-refractivity contribution in [1.29, 1.82) is 0 Å². The fraction of sp³-hybridized carbons (Fsp3) is 0. The summed E-state index contributed by atoms with van der Waals surface area (Å²) >= 11 is 0. The fourth-order valence-corrected chi connectivity index (χ4v) is 6.41. The molecule has 3 aromatic heterocycles. The summed E-state index contributed by atoms with van der Waals surface area (Å²) in [5, 5.41) is 3.32. The van der Waals surface area contributed by atoms with Crippen LogP contribution in [0.5, 0.6) is 0 Å². The monoisotopic (exact) mass is 563 g/mol. The van der Waals surface area contributed by atoms with E-state index < -0.39 is 0 Å². The zero-order valence-corrected chi connectivity index (χ0v) is 23.7. The van der Waals surface area contributed by atoms with E-state index in [1.54, 1.807) is 0 Å². The van der Waals surface area contributed by atoms with Crippen molar-refractivity contribution in [3.63, 3.8) is 0 Å². The second-order valence-electron chi connectivity index (χ2n) is 11.0. The molecule has 0 N–H and O–H groups in total. The van der Waals surface area contributed by atoms with E-state index in [1.165, 1.54) is 16.5 Å². The van der Waals surface area contributed by atoms with Crippen molar-refractivity contribution < 1.29 is 4.42 Å². The Morgan fingerprint density at radius 1 is 0.500 bits per heavy atom. The van der Waals surface area contributed by atoms with Gasteiger partial charge in [0.2, 0.25) is 0 Å². The van der Waals surface area contributed by atoms with Crippen molar-refractivity contribution in [1.82, 2.24) is 14.5 Å². The topological polar surface area (TPSA) is 43.9 Å². The Morgan fingerprint density at radius 2 is 1.16 bits per heavy atom. The minimum Gasteiger partial charge on any atom is -0.452 e. The molecule has 44 heavy (non-hydrogen) atoms. The molecule has 0 aliphatic carbocycles. The highest BCUT2D eigenvalue weighted by molar-refractivity contribution is 6.24. The van der Waals surface area contributed by atoms with Crippen LogP contribution in [0.3, 0.4) is 0 Å². The van der Waals surface area contributed by atoms with Gasteiger partial charge in [-0.05, 0) is 41.5 Å². The van der Waals surface area contributed by atoms with Gasteiger partial charge in [0.1, 0.15) is 16.8 Å². The maximum atomic E-state index is 6.68. The SMILES string of the molecule is c1ccc(-c2cccc(-n3c4ccccc4c4ccc5oc6c(-c7ccccc7)nc(-c7ccccc7)nc6c5c43)c2)cc1. The lowest BCUT2D eigenvalue weighted by Gasteiger charge is -2.11. The highest BCUT2D eigenvalue weighted by atomic mass is 16.3. The normalized spacial score (nSPS) is 11.6. The Kier molecular flexibility index (Phi) is 5.47. The van der Waals surface area contributed by atoms with E-state index >= 15 is 0 Å². The molecule has 0 saturated heterocycles. The number of hydrogen-bond acceptors (Lipinski definition) is 3. The Bertz CT molecular complexity index is 2480. The molecule has 6 aromatic carbocycles. The first-order valence-electron chi connectivity index (χ1n) is 14.8. The maximum absolute atomic E-state index is 6.68. The molecule has 0 bridgehead atoms. The zero-order valence-electron chi connectivity index (χ0n) is 23.7. The van der Waals surface area contributed by atoms with Crippen molar-refractivity contribution in [2.24, 2.45) is 0 Å². The van der Waals surface area contributed by atoms with Crippen LogP contribution in [-0.2, 0) is 0 Å². The highest BCUT2D eigenvalue weighted by Gasteiger charge is 2.23. The summed E-state index contributed by atoms with van der Waals surface area (Å²) in [5.74, 6) is 0.672. The van der Waals surface area contributed by atoms with Crippen LogP contribution in [0.2, 0.25) is 0 Å². The average molecular weight is 564 g/mol. The van der Waals surface area contributed by atoms with E-state index in [9.17, 15) is 0 Å². The Morgan fingerprint density at radius 3 is 1.93 bits per heavy atom. The van der Waals surface area contributed by atoms with Crippen molar-refractivity contribution >= 4 is 43.9 Å². The lowest BCUT2D eigenvalue weighted by atomic mass is 10.0. The number of nitrogens with zero attached hydrogens (tertiary/aromatic N) is 3. The Balaban J connectivity index is 1.43. The summed E-state index contributed by atoms with van der Waals surface area (Å²) in [7, 11) is 0. The maximum Gasteiger partial charge on any atom is 0.180 e. The van der Waals surface area contributed by atoms with Gasteiger partial charge in [-0.3, -0.25) is 0 Å². The molecular weight excluding hydrogens is 538 g/mol. The number of fused-ring (bicyclic) bond motifs is 7.